The molecule has 0 aliphatic carbocycles. The van der Waals surface area contributed by atoms with Crippen molar-refractivity contribution in [2.24, 2.45) is 0 Å². The highest BCUT2D eigenvalue weighted by molar-refractivity contribution is 7.12. The number of carbonyl (C=O) groups is 1. The molecule has 0 unspecified atom stereocenters. The summed E-state index contributed by atoms with van der Waals surface area (Å²) < 4.78 is 1.74. The highest BCUT2D eigenvalue weighted by atomic mass is 32.1. The van der Waals surface area contributed by atoms with E-state index in [1.165, 1.54) is 16.9 Å². The standard InChI is InChI=1S/C25H20N4OS/c30-24(23-10-5-15-31-23)21-17-28-29-22(12-14-27-25(21)29)19-8-4-9-20(16-19)26-13-11-18-6-2-1-3-7-18/h1-10,12,14-17,26H,11,13H2. The van der Waals surface area contributed by atoms with Crippen molar-refractivity contribution >= 4 is 28.5 Å². The molecule has 1 N–H and O–H groups in total. The number of hydrogen-bond donors (Lipinski definition) is 1. The molecule has 5 aromatic rings. The molecule has 2 aromatic carbocycles. The van der Waals surface area contributed by atoms with E-state index in [9.17, 15) is 4.79 Å². The smallest absolute Gasteiger partial charge is 0.208 e. The van der Waals surface area contributed by atoms with Crippen LogP contribution in [0, 0.1) is 0 Å². The average molecular weight is 425 g/mol. The van der Waals surface area contributed by atoms with Crippen LogP contribution >= 0.6 is 11.3 Å². The van der Waals surface area contributed by atoms with Gasteiger partial charge in [0.2, 0.25) is 5.78 Å². The minimum Gasteiger partial charge on any atom is -0.385 e. The van der Waals surface area contributed by atoms with E-state index in [4.69, 9.17) is 0 Å². The lowest BCUT2D eigenvalue weighted by molar-refractivity contribution is 0.104. The van der Waals surface area contributed by atoms with E-state index in [1.807, 2.05) is 41.8 Å². The van der Waals surface area contributed by atoms with Crippen molar-refractivity contribution in [3.63, 3.8) is 0 Å². The lowest BCUT2D eigenvalue weighted by atomic mass is 10.1. The highest BCUT2D eigenvalue weighted by Gasteiger charge is 2.18. The van der Waals surface area contributed by atoms with Crippen LogP contribution in [-0.2, 0) is 6.42 Å². The molecule has 0 bridgehead atoms. The summed E-state index contributed by atoms with van der Waals surface area (Å²) in [5.41, 5.74) is 5.33. The topological polar surface area (TPSA) is 59.3 Å². The van der Waals surface area contributed by atoms with Crippen LogP contribution in [0.1, 0.15) is 20.8 Å². The van der Waals surface area contributed by atoms with E-state index in [2.05, 4.69) is 51.8 Å². The first kappa shape index (κ1) is 19.2. The Morgan fingerprint density at radius 2 is 1.90 bits per heavy atom. The summed E-state index contributed by atoms with van der Waals surface area (Å²) in [6.07, 6.45) is 4.29. The summed E-state index contributed by atoms with van der Waals surface area (Å²) in [5.74, 6) is -0.0500. The van der Waals surface area contributed by atoms with Crippen LogP contribution < -0.4 is 5.32 Å². The molecule has 0 saturated heterocycles. The Morgan fingerprint density at radius 3 is 2.74 bits per heavy atom. The number of benzene rings is 2. The first-order valence-electron chi connectivity index (χ1n) is 10.1. The van der Waals surface area contributed by atoms with Gasteiger partial charge in [-0.3, -0.25) is 4.79 Å². The molecule has 5 rings (SSSR count). The van der Waals surface area contributed by atoms with Gasteiger partial charge in [0.05, 0.1) is 22.3 Å². The molecule has 0 radical (unpaired) electrons. The van der Waals surface area contributed by atoms with E-state index in [0.29, 0.717) is 16.1 Å². The van der Waals surface area contributed by atoms with Crippen LogP contribution in [0.4, 0.5) is 5.69 Å². The second-order valence-corrected chi connectivity index (χ2v) is 8.12. The summed E-state index contributed by atoms with van der Waals surface area (Å²) in [4.78, 5) is 17.9. The molecule has 0 fully saturated rings. The van der Waals surface area contributed by atoms with Crippen molar-refractivity contribution in [3.8, 4) is 11.3 Å². The number of ketones is 1. The van der Waals surface area contributed by atoms with Crippen LogP contribution in [0.15, 0.2) is 90.6 Å². The molecule has 0 spiro atoms. The van der Waals surface area contributed by atoms with Gasteiger partial charge in [0.25, 0.3) is 0 Å². The fraction of sp³-hybridized carbons (Fsp3) is 0.0800. The predicted octanol–water partition coefficient (Wildman–Crippen LogP) is 5.34. The molecule has 0 saturated carbocycles. The number of carbonyl (C=O) groups excluding carboxylic acids is 1. The number of hydrogen-bond acceptors (Lipinski definition) is 5. The monoisotopic (exact) mass is 424 g/mol. The third-order valence-electron chi connectivity index (χ3n) is 5.13. The second-order valence-electron chi connectivity index (χ2n) is 7.17. The van der Waals surface area contributed by atoms with Crippen LogP contribution in [0.3, 0.4) is 0 Å². The van der Waals surface area contributed by atoms with E-state index >= 15 is 0 Å². The van der Waals surface area contributed by atoms with Crippen molar-refractivity contribution in [2.75, 3.05) is 11.9 Å². The van der Waals surface area contributed by atoms with Crippen LogP contribution in [-0.4, -0.2) is 26.9 Å². The Kier molecular flexibility index (Phi) is 5.29. The predicted molar refractivity (Wildman–Crippen MR) is 125 cm³/mol. The van der Waals surface area contributed by atoms with Gasteiger partial charge in [0.1, 0.15) is 0 Å². The molecule has 0 atom stereocenters. The zero-order valence-electron chi connectivity index (χ0n) is 16.7. The molecule has 152 valence electrons. The molecular formula is C25H20N4OS. The molecule has 3 aromatic heterocycles. The normalized spacial score (nSPS) is 11.0. The minimum atomic E-state index is -0.0500. The lowest BCUT2D eigenvalue weighted by Crippen LogP contribution is -2.05. The lowest BCUT2D eigenvalue weighted by Gasteiger charge is -2.10. The zero-order valence-corrected chi connectivity index (χ0v) is 17.5. The molecule has 5 nitrogen and oxygen atoms in total. The molecule has 31 heavy (non-hydrogen) atoms. The maximum absolute atomic E-state index is 12.8. The number of thiophene rings is 1. The number of aromatic nitrogens is 3. The van der Waals surface area contributed by atoms with E-state index in [1.54, 1.807) is 16.9 Å². The van der Waals surface area contributed by atoms with Gasteiger partial charge in [-0.15, -0.1) is 11.3 Å². The fourth-order valence-electron chi connectivity index (χ4n) is 3.60. The van der Waals surface area contributed by atoms with Gasteiger partial charge in [-0.25, -0.2) is 9.50 Å². The summed E-state index contributed by atoms with van der Waals surface area (Å²) in [5, 5.41) is 9.87. The first-order chi connectivity index (χ1) is 15.3. The van der Waals surface area contributed by atoms with E-state index in [-0.39, 0.29) is 5.78 Å². The van der Waals surface area contributed by atoms with Gasteiger partial charge in [0.15, 0.2) is 5.65 Å². The van der Waals surface area contributed by atoms with Gasteiger partial charge in [-0.05, 0) is 41.6 Å². The van der Waals surface area contributed by atoms with E-state index in [0.717, 1.165) is 29.9 Å². The molecule has 0 amide bonds. The Hall–Kier alpha value is -3.77. The SMILES string of the molecule is O=C(c1cccs1)c1cnn2c(-c3cccc(NCCc4ccccc4)c3)ccnc12. The quantitative estimate of drug-likeness (QED) is 0.358. The van der Waals surface area contributed by atoms with Crippen molar-refractivity contribution in [1.29, 1.82) is 0 Å². The summed E-state index contributed by atoms with van der Waals surface area (Å²) in [7, 11) is 0. The van der Waals surface area contributed by atoms with Gasteiger partial charge in [-0.1, -0.05) is 48.5 Å². The molecule has 6 heteroatoms. The Morgan fingerprint density at radius 1 is 1.00 bits per heavy atom. The van der Waals surface area contributed by atoms with Gasteiger partial charge >= 0.3 is 0 Å². The van der Waals surface area contributed by atoms with Gasteiger partial charge in [-0.2, -0.15) is 5.10 Å². The molecule has 0 aliphatic heterocycles. The van der Waals surface area contributed by atoms with Crippen molar-refractivity contribution in [1.82, 2.24) is 14.6 Å². The number of anilines is 1. The summed E-state index contributed by atoms with van der Waals surface area (Å²) in [6.45, 7) is 0.848. The van der Waals surface area contributed by atoms with Crippen LogP contribution in [0.25, 0.3) is 16.9 Å². The van der Waals surface area contributed by atoms with Crippen molar-refractivity contribution in [3.05, 3.63) is 107 Å². The third kappa shape index (κ3) is 3.98. The highest BCUT2D eigenvalue weighted by Crippen LogP contribution is 2.25. The number of fused-ring (bicyclic) bond motifs is 1. The Bertz CT molecular complexity index is 1330. The maximum Gasteiger partial charge on any atom is 0.208 e. The molecule has 3 heterocycles. The van der Waals surface area contributed by atoms with Crippen molar-refractivity contribution < 1.29 is 4.79 Å². The minimum absolute atomic E-state index is 0.0500. The number of nitrogens with one attached hydrogen (secondary N) is 1. The van der Waals surface area contributed by atoms with Crippen LogP contribution in [0.2, 0.25) is 0 Å². The first-order valence-corrected chi connectivity index (χ1v) is 11.0. The van der Waals surface area contributed by atoms with Gasteiger partial charge < -0.3 is 5.32 Å². The largest absolute Gasteiger partial charge is 0.385 e. The summed E-state index contributed by atoms with van der Waals surface area (Å²) in [6, 6.07) is 24.3. The maximum atomic E-state index is 12.8. The average Bonchev–Trinajstić information content (AvgIpc) is 3.50. The Labute approximate surface area is 184 Å². The Balaban J connectivity index is 1.41. The molecular weight excluding hydrogens is 404 g/mol. The van der Waals surface area contributed by atoms with Gasteiger partial charge in [0, 0.05) is 24.0 Å². The fourth-order valence-corrected chi connectivity index (χ4v) is 4.27. The third-order valence-corrected chi connectivity index (χ3v) is 6.00. The van der Waals surface area contributed by atoms with Crippen molar-refractivity contribution in [2.45, 2.75) is 6.42 Å². The van der Waals surface area contributed by atoms with Crippen LogP contribution in [0.5, 0.6) is 0 Å². The van der Waals surface area contributed by atoms with E-state index < -0.39 is 0 Å². The molecule has 0 aliphatic rings. The summed E-state index contributed by atoms with van der Waals surface area (Å²) >= 11 is 1.42. The zero-order chi connectivity index (χ0) is 21.0. The second kappa shape index (κ2) is 8.53. The number of rotatable bonds is 7. The number of nitrogens with zero attached hydrogens (tertiary/aromatic N) is 3.